The lowest BCUT2D eigenvalue weighted by atomic mass is 9.98. The minimum atomic E-state index is -0.891. The van der Waals surface area contributed by atoms with E-state index in [1.54, 1.807) is 20.0 Å². The minimum Gasteiger partial charge on any atom is -0.481 e. The van der Waals surface area contributed by atoms with Crippen LogP contribution in [0.25, 0.3) is 5.69 Å². The highest BCUT2D eigenvalue weighted by Gasteiger charge is 2.23. The Labute approximate surface area is 134 Å². The molecule has 7 nitrogen and oxygen atoms in total. The molecule has 0 fully saturated rings. The Morgan fingerprint density at radius 2 is 1.91 bits per heavy atom. The fraction of sp³-hybridized carbons (Fsp3) is 0.375. The van der Waals surface area contributed by atoms with Crippen molar-refractivity contribution in [3.8, 4) is 5.69 Å². The first-order valence-corrected chi connectivity index (χ1v) is 7.30. The Bertz CT molecular complexity index is 704. The predicted octanol–water partition coefficient (Wildman–Crippen LogP) is 1.95. The van der Waals surface area contributed by atoms with E-state index in [-0.39, 0.29) is 18.0 Å². The van der Waals surface area contributed by atoms with Crippen LogP contribution >= 0.6 is 0 Å². The smallest absolute Gasteiger partial charge is 0.303 e. The van der Waals surface area contributed by atoms with Gasteiger partial charge in [-0.1, -0.05) is 22.9 Å². The number of benzene rings is 1. The van der Waals surface area contributed by atoms with E-state index in [2.05, 4.69) is 15.6 Å². The summed E-state index contributed by atoms with van der Waals surface area (Å²) in [4.78, 5) is 22.9. The fourth-order valence-electron chi connectivity index (χ4n) is 2.04. The molecule has 0 saturated carbocycles. The normalized spacial score (nSPS) is 11.3. The van der Waals surface area contributed by atoms with Crippen molar-refractivity contribution in [1.82, 2.24) is 20.3 Å². The first-order chi connectivity index (χ1) is 10.8. The van der Waals surface area contributed by atoms with E-state index in [0.29, 0.717) is 6.42 Å². The van der Waals surface area contributed by atoms with Crippen LogP contribution in [0, 0.1) is 6.92 Å². The standard InChI is InChI=1S/C16H20N4O3/c1-11-4-6-12(7-5-11)20-10-13(18-19-20)15(23)17-16(2,3)9-8-14(21)22/h4-7,10H,8-9H2,1-3H3,(H,17,23)(H,21,22). The molecule has 2 N–H and O–H groups in total. The zero-order valence-electron chi connectivity index (χ0n) is 13.4. The van der Waals surface area contributed by atoms with E-state index in [1.807, 2.05) is 31.2 Å². The van der Waals surface area contributed by atoms with Crippen LogP contribution in [0.2, 0.25) is 0 Å². The van der Waals surface area contributed by atoms with E-state index in [4.69, 9.17) is 5.11 Å². The van der Waals surface area contributed by atoms with Crippen LogP contribution in [0.1, 0.15) is 42.7 Å². The van der Waals surface area contributed by atoms with Gasteiger partial charge >= 0.3 is 5.97 Å². The lowest BCUT2D eigenvalue weighted by Crippen LogP contribution is -2.43. The molecule has 1 aromatic carbocycles. The van der Waals surface area contributed by atoms with Crippen LogP contribution in [0.4, 0.5) is 0 Å². The van der Waals surface area contributed by atoms with Gasteiger partial charge in [-0.3, -0.25) is 9.59 Å². The van der Waals surface area contributed by atoms with Gasteiger partial charge in [-0.2, -0.15) is 0 Å². The molecule has 1 heterocycles. The highest BCUT2D eigenvalue weighted by atomic mass is 16.4. The van der Waals surface area contributed by atoms with Gasteiger partial charge in [0, 0.05) is 12.0 Å². The Morgan fingerprint density at radius 1 is 1.26 bits per heavy atom. The van der Waals surface area contributed by atoms with E-state index in [1.165, 1.54) is 4.68 Å². The quantitative estimate of drug-likeness (QED) is 0.849. The second-order valence-electron chi connectivity index (χ2n) is 6.12. The summed E-state index contributed by atoms with van der Waals surface area (Å²) in [7, 11) is 0. The molecule has 0 bridgehead atoms. The van der Waals surface area contributed by atoms with Crippen molar-refractivity contribution in [2.75, 3.05) is 0 Å². The molecule has 0 atom stereocenters. The summed E-state index contributed by atoms with van der Waals surface area (Å²) in [6.07, 6.45) is 1.87. The molecule has 0 aliphatic heterocycles. The molecule has 1 amide bonds. The second kappa shape index (κ2) is 6.60. The Hall–Kier alpha value is -2.70. The van der Waals surface area contributed by atoms with E-state index in [9.17, 15) is 9.59 Å². The zero-order valence-corrected chi connectivity index (χ0v) is 13.4. The molecule has 122 valence electrons. The van der Waals surface area contributed by atoms with Gasteiger partial charge in [0.05, 0.1) is 11.9 Å². The van der Waals surface area contributed by atoms with Gasteiger partial charge < -0.3 is 10.4 Å². The van der Waals surface area contributed by atoms with Gasteiger partial charge in [0.1, 0.15) is 0 Å². The molecule has 0 radical (unpaired) electrons. The summed E-state index contributed by atoms with van der Waals surface area (Å²) in [5.74, 6) is -1.27. The molecule has 7 heteroatoms. The molecular formula is C16H20N4O3. The number of hydrogen-bond donors (Lipinski definition) is 2. The van der Waals surface area contributed by atoms with Gasteiger partial charge in [0.2, 0.25) is 0 Å². The Balaban J connectivity index is 2.06. The van der Waals surface area contributed by atoms with Crippen molar-refractivity contribution in [3.05, 3.63) is 41.7 Å². The number of carboxylic acid groups (broad SMARTS) is 1. The summed E-state index contributed by atoms with van der Waals surface area (Å²) >= 11 is 0. The largest absolute Gasteiger partial charge is 0.481 e. The lowest BCUT2D eigenvalue weighted by molar-refractivity contribution is -0.137. The first-order valence-electron chi connectivity index (χ1n) is 7.30. The van der Waals surface area contributed by atoms with E-state index < -0.39 is 11.5 Å². The van der Waals surface area contributed by atoms with Crippen LogP contribution < -0.4 is 5.32 Å². The summed E-state index contributed by atoms with van der Waals surface area (Å²) in [5.41, 5.74) is 1.50. The van der Waals surface area contributed by atoms with Crippen LogP contribution in [-0.4, -0.2) is 37.5 Å². The van der Waals surface area contributed by atoms with Crippen molar-refractivity contribution in [1.29, 1.82) is 0 Å². The third-order valence-corrected chi connectivity index (χ3v) is 3.44. The number of amides is 1. The maximum atomic E-state index is 12.2. The van der Waals surface area contributed by atoms with Crippen molar-refractivity contribution < 1.29 is 14.7 Å². The van der Waals surface area contributed by atoms with Crippen molar-refractivity contribution in [2.24, 2.45) is 0 Å². The number of carbonyl (C=O) groups is 2. The van der Waals surface area contributed by atoms with Crippen molar-refractivity contribution >= 4 is 11.9 Å². The highest BCUT2D eigenvalue weighted by molar-refractivity contribution is 5.92. The number of nitrogens with one attached hydrogen (secondary N) is 1. The Morgan fingerprint density at radius 3 is 2.52 bits per heavy atom. The van der Waals surface area contributed by atoms with Crippen LogP contribution in [-0.2, 0) is 4.79 Å². The SMILES string of the molecule is Cc1ccc(-n2cc(C(=O)NC(C)(C)CCC(=O)O)nn2)cc1. The van der Waals surface area contributed by atoms with Gasteiger partial charge in [-0.15, -0.1) is 5.10 Å². The zero-order chi connectivity index (χ0) is 17.0. The third kappa shape index (κ3) is 4.64. The molecule has 1 aromatic heterocycles. The number of carboxylic acids is 1. The highest BCUT2D eigenvalue weighted by Crippen LogP contribution is 2.13. The van der Waals surface area contributed by atoms with Crippen LogP contribution in [0.3, 0.4) is 0 Å². The van der Waals surface area contributed by atoms with Gasteiger partial charge in [0.15, 0.2) is 5.69 Å². The molecule has 0 unspecified atom stereocenters. The van der Waals surface area contributed by atoms with Gasteiger partial charge in [-0.05, 0) is 39.3 Å². The predicted molar refractivity (Wildman–Crippen MR) is 84.5 cm³/mol. The molecule has 0 saturated heterocycles. The summed E-state index contributed by atoms with van der Waals surface area (Å²) in [6.45, 7) is 5.54. The molecule has 2 rings (SSSR count). The van der Waals surface area contributed by atoms with E-state index >= 15 is 0 Å². The van der Waals surface area contributed by atoms with Crippen LogP contribution in [0.15, 0.2) is 30.5 Å². The Kier molecular flexibility index (Phi) is 4.78. The summed E-state index contributed by atoms with van der Waals surface area (Å²) < 4.78 is 1.53. The maximum absolute atomic E-state index is 12.2. The topological polar surface area (TPSA) is 97.1 Å². The number of hydrogen-bond acceptors (Lipinski definition) is 4. The molecule has 0 aliphatic rings. The number of aliphatic carboxylic acids is 1. The van der Waals surface area contributed by atoms with Crippen molar-refractivity contribution in [3.63, 3.8) is 0 Å². The monoisotopic (exact) mass is 316 g/mol. The first kappa shape index (κ1) is 16.7. The molecule has 0 spiro atoms. The average Bonchev–Trinajstić information content (AvgIpc) is 2.95. The minimum absolute atomic E-state index is 0.0106. The molecule has 0 aliphatic carbocycles. The van der Waals surface area contributed by atoms with Gasteiger partial charge in [0.25, 0.3) is 5.91 Å². The number of aromatic nitrogens is 3. The average molecular weight is 316 g/mol. The lowest BCUT2D eigenvalue weighted by Gasteiger charge is -2.24. The molecule has 2 aromatic rings. The maximum Gasteiger partial charge on any atom is 0.303 e. The van der Waals surface area contributed by atoms with Crippen molar-refractivity contribution in [2.45, 2.75) is 39.2 Å². The number of aryl methyl sites for hydroxylation is 1. The van der Waals surface area contributed by atoms with E-state index in [0.717, 1.165) is 11.3 Å². The number of rotatable bonds is 6. The fourth-order valence-corrected chi connectivity index (χ4v) is 2.04. The van der Waals surface area contributed by atoms with Gasteiger partial charge in [-0.25, -0.2) is 4.68 Å². The summed E-state index contributed by atoms with van der Waals surface area (Å²) in [5, 5.41) is 19.4. The summed E-state index contributed by atoms with van der Waals surface area (Å²) in [6, 6.07) is 7.68. The molecular weight excluding hydrogens is 296 g/mol. The molecule has 23 heavy (non-hydrogen) atoms. The second-order valence-corrected chi connectivity index (χ2v) is 6.12. The third-order valence-electron chi connectivity index (χ3n) is 3.44. The number of carbonyl (C=O) groups excluding carboxylic acids is 1. The number of nitrogens with zero attached hydrogens (tertiary/aromatic N) is 3. The van der Waals surface area contributed by atoms with Crippen LogP contribution in [0.5, 0.6) is 0 Å².